The van der Waals surface area contributed by atoms with Crippen LogP contribution in [0.3, 0.4) is 0 Å². The number of aliphatic hydroxyl groups excluding tert-OH is 1. The molecule has 0 aliphatic rings. The number of halogens is 7. The van der Waals surface area contributed by atoms with Crippen LogP contribution >= 0.6 is 11.5 Å². The summed E-state index contributed by atoms with van der Waals surface area (Å²) in [7, 11) is 0. The van der Waals surface area contributed by atoms with E-state index in [9.17, 15) is 30.7 Å². The van der Waals surface area contributed by atoms with Gasteiger partial charge in [-0.1, -0.05) is 31.2 Å². The molecule has 4 nitrogen and oxygen atoms in total. The van der Waals surface area contributed by atoms with Crippen LogP contribution in [0.2, 0.25) is 0 Å². The lowest BCUT2D eigenvalue weighted by Gasteiger charge is -2.14. The number of alkyl halides is 3. The van der Waals surface area contributed by atoms with Crippen molar-refractivity contribution in [3.63, 3.8) is 0 Å². The first kappa shape index (κ1) is 26.9. The van der Waals surface area contributed by atoms with Crippen molar-refractivity contribution in [3.05, 3.63) is 69.1 Å². The maximum atomic E-state index is 14.5. The van der Waals surface area contributed by atoms with Crippen molar-refractivity contribution in [2.75, 3.05) is 13.4 Å². The van der Waals surface area contributed by atoms with Gasteiger partial charge in [-0.05, 0) is 36.4 Å². The highest BCUT2D eigenvalue weighted by Gasteiger charge is 2.38. The number of hydrogen-bond acceptors (Lipinski definition) is 5. The summed E-state index contributed by atoms with van der Waals surface area (Å²) in [6, 6.07) is 6.49. The number of nitrogens with zero attached hydrogens (tertiary/aromatic N) is 1. The molecule has 2 aromatic carbocycles. The van der Waals surface area contributed by atoms with E-state index in [0.717, 1.165) is 5.56 Å². The molecule has 0 fully saturated rings. The van der Waals surface area contributed by atoms with E-state index in [4.69, 9.17) is 9.84 Å². The summed E-state index contributed by atoms with van der Waals surface area (Å²) in [6.45, 7) is 0.105. The second kappa shape index (κ2) is 11.4. The fourth-order valence-corrected chi connectivity index (χ4v) is 4.12. The zero-order chi connectivity index (χ0) is 25.8. The minimum atomic E-state index is -4.84. The number of hydrogen-bond donors (Lipinski definition) is 1. The molecule has 12 heteroatoms. The third-order valence-corrected chi connectivity index (χ3v) is 6.10. The summed E-state index contributed by atoms with van der Waals surface area (Å²) in [6.07, 6.45) is -4.65. The molecule has 3 aromatic rings. The van der Waals surface area contributed by atoms with Crippen molar-refractivity contribution in [1.82, 2.24) is 4.37 Å². The van der Waals surface area contributed by atoms with Gasteiger partial charge in [0, 0.05) is 23.3 Å². The molecule has 1 N–H and O–H groups in total. The lowest BCUT2D eigenvalue weighted by Crippen LogP contribution is -2.12. The standard InChI is InChI=1S/C23H20F7NO3S/c1-2-12-5-7-13(8-6-12)20-15(22(35-31-20)23(28,29)30)10-34-21-18(26)16(24)14(17(25)19(21)27)4-3-9-33-11-32/h5-8,32H,2-4,9-11H2,1H3. The fraction of sp³-hybridized carbons (Fsp3) is 0.348. The summed E-state index contributed by atoms with van der Waals surface area (Å²) in [4.78, 5) is -1.16. The molecule has 0 unspecified atom stereocenters. The highest BCUT2D eigenvalue weighted by atomic mass is 32.1. The van der Waals surface area contributed by atoms with E-state index in [1.54, 1.807) is 24.3 Å². The SMILES string of the molecule is CCc1ccc(-c2nsc(C(F)(F)F)c2COc2c(F)c(F)c(CCCOCO)c(F)c2F)cc1. The van der Waals surface area contributed by atoms with Gasteiger partial charge in [0.1, 0.15) is 18.3 Å². The average molecular weight is 523 g/mol. The summed E-state index contributed by atoms with van der Waals surface area (Å²) in [5, 5.41) is 8.54. The number of aryl methyl sites for hydroxylation is 1. The molecule has 1 heterocycles. The van der Waals surface area contributed by atoms with Gasteiger partial charge in [-0.3, -0.25) is 0 Å². The predicted octanol–water partition coefficient (Wildman–Crippen LogP) is 6.43. The van der Waals surface area contributed by atoms with Crippen LogP contribution in [0.4, 0.5) is 30.7 Å². The van der Waals surface area contributed by atoms with Crippen LogP contribution in [0.25, 0.3) is 11.3 Å². The van der Waals surface area contributed by atoms with Gasteiger partial charge in [-0.2, -0.15) is 26.3 Å². The van der Waals surface area contributed by atoms with E-state index in [0.29, 0.717) is 12.0 Å². The third-order valence-electron chi connectivity index (χ3n) is 5.16. The van der Waals surface area contributed by atoms with Crippen LogP contribution in [0.5, 0.6) is 5.75 Å². The quantitative estimate of drug-likeness (QED) is 0.144. The van der Waals surface area contributed by atoms with Crippen LogP contribution in [0.15, 0.2) is 24.3 Å². The molecule has 0 radical (unpaired) electrons. The topological polar surface area (TPSA) is 51.6 Å². The fourth-order valence-electron chi connectivity index (χ4n) is 3.35. The molecule has 0 atom stereocenters. The van der Waals surface area contributed by atoms with E-state index in [-0.39, 0.29) is 30.3 Å². The second-order valence-corrected chi connectivity index (χ2v) is 8.15. The van der Waals surface area contributed by atoms with Gasteiger partial charge in [0.05, 0.1) is 5.69 Å². The summed E-state index contributed by atoms with van der Waals surface area (Å²) >= 11 is 0.133. The van der Waals surface area contributed by atoms with E-state index in [1.807, 2.05) is 6.92 Å². The number of aromatic nitrogens is 1. The van der Waals surface area contributed by atoms with Crippen LogP contribution < -0.4 is 4.74 Å². The minimum absolute atomic E-state index is 0.0524. The van der Waals surface area contributed by atoms with Gasteiger partial charge in [0.15, 0.2) is 17.4 Å². The molecular formula is C23H20F7NO3S. The predicted molar refractivity (Wildman–Crippen MR) is 114 cm³/mol. The molecule has 1 aromatic heterocycles. The normalized spacial score (nSPS) is 11.8. The molecule has 0 spiro atoms. The smallest absolute Gasteiger partial charge is 0.427 e. The summed E-state index contributed by atoms with van der Waals surface area (Å²) < 4.78 is 112. The highest BCUT2D eigenvalue weighted by molar-refractivity contribution is 7.06. The molecule has 3 rings (SSSR count). The number of rotatable bonds is 10. The maximum Gasteiger partial charge on any atom is 0.427 e. The van der Waals surface area contributed by atoms with Gasteiger partial charge in [0.25, 0.3) is 0 Å². The first-order valence-electron chi connectivity index (χ1n) is 10.4. The summed E-state index contributed by atoms with van der Waals surface area (Å²) in [5.74, 6) is -8.65. The van der Waals surface area contributed by atoms with E-state index < -0.39 is 71.0 Å². The lowest BCUT2D eigenvalue weighted by molar-refractivity contribution is -0.135. The van der Waals surface area contributed by atoms with Gasteiger partial charge in [-0.25, -0.2) is 8.78 Å². The molecule has 190 valence electrons. The summed E-state index contributed by atoms with van der Waals surface area (Å²) in [5.41, 5.74) is -0.301. The Hall–Kier alpha value is -2.70. The Balaban J connectivity index is 1.94. The van der Waals surface area contributed by atoms with Crippen LogP contribution in [-0.4, -0.2) is 22.9 Å². The monoisotopic (exact) mass is 523 g/mol. The third kappa shape index (κ3) is 5.93. The molecule has 0 aliphatic carbocycles. The highest BCUT2D eigenvalue weighted by Crippen LogP contribution is 2.41. The van der Waals surface area contributed by atoms with Crippen molar-refractivity contribution in [2.24, 2.45) is 0 Å². The van der Waals surface area contributed by atoms with E-state index in [2.05, 4.69) is 9.11 Å². The van der Waals surface area contributed by atoms with Crippen molar-refractivity contribution < 1.29 is 45.3 Å². The van der Waals surface area contributed by atoms with Crippen LogP contribution in [0.1, 0.15) is 34.9 Å². The Kier molecular flexibility index (Phi) is 8.73. The average Bonchev–Trinajstić information content (AvgIpc) is 3.27. The Labute approximate surface area is 200 Å². The zero-order valence-corrected chi connectivity index (χ0v) is 19.1. The molecule has 0 saturated carbocycles. The Morgan fingerprint density at radius 3 is 2.11 bits per heavy atom. The maximum absolute atomic E-state index is 14.5. The van der Waals surface area contributed by atoms with Gasteiger partial charge >= 0.3 is 6.18 Å². The van der Waals surface area contributed by atoms with Crippen LogP contribution in [0, 0.1) is 23.3 Å². The van der Waals surface area contributed by atoms with Crippen LogP contribution in [-0.2, 0) is 30.4 Å². The molecule has 35 heavy (non-hydrogen) atoms. The van der Waals surface area contributed by atoms with Gasteiger partial charge in [0.2, 0.25) is 11.6 Å². The largest absolute Gasteiger partial charge is 0.483 e. The molecular weight excluding hydrogens is 503 g/mol. The molecule has 0 aliphatic heterocycles. The van der Waals surface area contributed by atoms with Crippen molar-refractivity contribution in [2.45, 2.75) is 39.0 Å². The van der Waals surface area contributed by atoms with E-state index >= 15 is 0 Å². The first-order chi connectivity index (χ1) is 16.6. The molecule has 0 amide bonds. The second-order valence-electron chi connectivity index (χ2n) is 7.38. The van der Waals surface area contributed by atoms with Gasteiger partial charge in [-0.15, -0.1) is 0 Å². The number of ether oxygens (including phenoxy) is 2. The first-order valence-corrected chi connectivity index (χ1v) is 11.2. The molecule has 0 bridgehead atoms. The number of aliphatic hydroxyl groups is 1. The van der Waals surface area contributed by atoms with Gasteiger partial charge < -0.3 is 14.6 Å². The Bertz CT molecular complexity index is 1130. The van der Waals surface area contributed by atoms with Crippen molar-refractivity contribution in [3.8, 4) is 17.0 Å². The zero-order valence-electron chi connectivity index (χ0n) is 18.3. The van der Waals surface area contributed by atoms with Crippen molar-refractivity contribution >= 4 is 11.5 Å². The Morgan fingerprint density at radius 1 is 0.943 bits per heavy atom. The number of benzene rings is 2. The minimum Gasteiger partial charge on any atom is -0.483 e. The molecule has 0 saturated heterocycles. The lowest BCUT2D eigenvalue weighted by atomic mass is 10.0. The van der Waals surface area contributed by atoms with E-state index in [1.165, 1.54) is 0 Å². The van der Waals surface area contributed by atoms with Crippen molar-refractivity contribution in [1.29, 1.82) is 0 Å². The Morgan fingerprint density at radius 2 is 1.57 bits per heavy atom.